The molecule has 0 saturated carbocycles. The molecule has 27 heavy (non-hydrogen) atoms. The molecular weight excluding hydrogens is 342 g/mol. The molecule has 0 N–H and O–H groups in total. The van der Waals surface area contributed by atoms with Crippen LogP contribution in [0.15, 0.2) is 94.2 Å². The molecule has 5 nitrogen and oxygen atoms in total. The number of aromatic nitrogens is 1. The second-order valence-corrected chi connectivity index (χ2v) is 5.80. The number of fused-ring (bicyclic) bond motifs is 1. The normalized spacial score (nSPS) is 11.1. The van der Waals surface area contributed by atoms with Crippen molar-refractivity contribution >= 4 is 23.1 Å². The molecule has 5 heteroatoms. The van der Waals surface area contributed by atoms with Crippen LogP contribution in [0.25, 0.3) is 17.2 Å². The van der Waals surface area contributed by atoms with Gasteiger partial charge in [-0.3, -0.25) is 4.79 Å². The van der Waals surface area contributed by atoms with E-state index in [0.29, 0.717) is 22.6 Å². The van der Waals surface area contributed by atoms with Crippen molar-refractivity contribution < 1.29 is 13.9 Å². The third kappa shape index (κ3) is 3.43. The van der Waals surface area contributed by atoms with Gasteiger partial charge >= 0.3 is 5.76 Å². The number of nitrogens with zero attached hydrogens (tertiary/aromatic N) is 1. The zero-order chi connectivity index (χ0) is 18.6. The minimum absolute atomic E-state index is 0.372. The molecule has 132 valence electrons. The van der Waals surface area contributed by atoms with Gasteiger partial charge in [-0.2, -0.15) is 0 Å². The van der Waals surface area contributed by atoms with Crippen LogP contribution in [0, 0.1) is 0 Å². The number of hydrogen-bond donors (Lipinski definition) is 0. The van der Waals surface area contributed by atoms with Crippen molar-refractivity contribution in [2.24, 2.45) is 0 Å². The second-order valence-electron chi connectivity index (χ2n) is 5.80. The highest BCUT2D eigenvalue weighted by Crippen LogP contribution is 2.26. The summed E-state index contributed by atoms with van der Waals surface area (Å²) in [6.45, 7) is 0. The van der Waals surface area contributed by atoms with Crippen molar-refractivity contribution in [1.82, 2.24) is 4.57 Å². The first kappa shape index (κ1) is 16.6. The largest absolute Gasteiger partial charge is 0.457 e. The van der Waals surface area contributed by atoms with E-state index in [0.717, 1.165) is 10.1 Å². The average Bonchev–Trinajstić information content (AvgIpc) is 3.03. The predicted octanol–water partition coefficient (Wildman–Crippen LogP) is 4.74. The van der Waals surface area contributed by atoms with Gasteiger partial charge in [0.05, 0.1) is 5.52 Å². The van der Waals surface area contributed by atoms with Gasteiger partial charge in [0, 0.05) is 11.6 Å². The van der Waals surface area contributed by atoms with Crippen LogP contribution < -0.4 is 10.5 Å². The number of allylic oxidation sites excluding steroid dienone is 1. The van der Waals surface area contributed by atoms with Gasteiger partial charge in [0.1, 0.15) is 11.5 Å². The van der Waals surface area contributed by atoms with Gasteiger partial charge in [-0.15, -0.1) is 0 Å². The van der Waals surface area contributed by atoms with E-state index in [1.165, 1.54) is 6.08 Å². The summed E-state index contributed by atoms with van der Waals surface area (Å²) < 4.78 is 12.0. The molecule has 0 spiro atoms. The minimum Gasteiger partial charge on any atom is -0.457 e. The Kier molecular flexibility index (Phi) is 4.41. The summed E-state index contributed by atoms with van der Waals surface area (Å²) in [7, 11) is 0. The number of hydrogen-bond acceptors (Lipinski definition) is 4. The van der Waals surface area contributed by atoms with E-state index in [1.807, 2.05) is 54.6 Å². The van der Waals surface area contributed by atoms with Gasteiger partial charge < -0.3 is 9.15 Å². The van der Waals surface area contributed by atoms with E-state index < -0.39 is 11.7 Å². The third-order valence-electron chi connectivity index (χ3n) is 4.00. The Balaban J connectivity index is 1.64. The van der Waals surface area contributed by atoms with Gasteiger partial charge in [0.2, 0.25) is 0 Å². The maximum absolute atomic E-state index is 12.6. The second kappa shape index (κ2) is 7.17. The van der Waals surface area contributed by atoms with E-state index in [9.17, 15) is 9.59 Å². The lowest BCUT2D eigenvalue weighted by Crippen LogP contribution is -2.20. The fourth-order valence-corrected chi connectivity index (χ4v) is 2.74. The van der Waals surface area contributed by atoms with Crippen molar-refractivity contribution in [3.05, 3.63) is 101 Å². The van der Waals surface area contributed by atoms with Gasteiger partial charge in [-0.05, 0) is 36.4 Å². The number of carbonyl (C=O) groups excluding carboxylic acids is 1. The Bertz CT molecular complexity index is 1190. The molecule has 3 aromatic carbocycles. The van der Waals surface area contributed by atoms with Gasteiger partial charge in [-0.1, -0.05) is 48.5 Å². The van der Waals surface area contributed by atoms with E-state index >= 15 is 0 Å². The quantitative estimate of drug-likeness (QED) is 0.495. The molecule has 0 bridgehead atoms. The van der Waals surface area contributed by atoms with E-state index in [4.69, 9.17) is 9.15 Å². The highest BCUT2D eigenvalue weighted by atomic mass is 16.5. The molecule has 0 aliphatic carbocycles. The van der Waals surface area contributed by atoms with Crippen LogP contribution in [-0.2, 0) is 0 Å². The van der Waals surface area contributed by atoms with E-state index in [2.05, 4.69) is 0 Å². The van der Waals surface area contributed by atoms with Crippen LogP contribution in [0.3, 0.4) is 0 Å². The maximum Gasteiger partial charge on any atom is 0.427 e. The van der Waals surface area contributed by atoms with Crippen LogP contribution in [0.5, 0.6) is 11.5 Å². The number of benzene rings is 3. The Labute approximate surface area is 154 Å². The van der Waals surface area contributed by atoms with Crippen LogP contribution in [0.4, 0.5) is 0 Å². The molecule has 0 radical (unpaired) electrons. The molecule has 4 aromatic rings. The zero-order valence-corrected chi connectivity index (χ0v) is 14.2. The molecule has 4 rings (SSSR count). The molecule has 0 aliphatic rings. The number of ether oxygens (including phenoxy) is 1. The molecule has 1 heterocycles. The van der Waals surface area contributed by atoms with E-state index in [-0.39, 0.29) is 0 Å². The van der Waals surface area contributed by atoms with Crippen LogP contribution >= 0.6 is 0 Å². The number of carbonyl (C=O) groups is 1. The van der Waals surface area contributed by atoms with Crippen molar-refractivity contribution in [3.8, 4) is 11.5 Å². The fraction of sp³-hybridized carbons (Fsp3) is 0. The first-order valence-electron chi connectivity index (χ1n) is 8.37. The van der Waals surface area contributed by atoms with Crippen LogP contribution in [-0.4, -0.2) is 10.5 Å². The molecular formula is C22H15NO4. The Morgan fingerprint density at radius 2 is 1.59 bits per heavy atom. The highest BCUT2D eigenvalue weighted by Gasteiger charge is 2.13. The standard InChI is InChI=1S/C22H15NO4/c24-21(23-18-11-5-7-13-20(18)27-22(23)25)15-14-16-8-4-6-12-19(16)26-17-9-2-1-3-10-17/h1-15H/b15-14+. The molecule has 0 fully saturated rings. The van der Waals surface area contributed by atoms with Gasteiger partial charge in [-0.25, -0.2) is 9.36 Å². The molecule has 1 aromatic heterocycles. The summed E-state index contributed by atoms with van der Waals surface area (Å²) in [6, 6.07) is 23.5. The van der Waals surface area contributed by atoms with Crippen LogP contribution in [0.2, 0.25) is 0 Å². The number of oxazole rings is 1. The van der Waals surface area contributed by atoms with Gasteiger partial charge in [0.25, 0.3) is 5.91 Å². The summed E-state index contributed by atoms with van der Waals surface area (Å²) in [5.41, 5.74) is 1.53. The Morgan fingerprint density at radius 1 is 0.889 bits per heavy atom. The Morgan fingerprint density at radius 3 is 2.44 bits per heavy atom. The molecule has 0 atom stereocenters. The van der Waals surface area contributed by atoms with Crippen molar-refractivity contribution in [3.63, 3.8) is 0 Å². The predicted molar refractivity (Wildman–Crippen MR) is 103 cm³/mol. The highest BCUT2D eigenvalue weighted by molar-refractivity contribution is 5.98. The SMILES string of the molecule is O=C(/C=C/c1ccccc1Oc1ccccc1)n1c(=O)oc2ccccc21. The van der Waals surface area contributed by atoms with Gasteiger partial charge in [0.15, 0.2) is 5.58 Å². The summed E-state index contributed by atoms with van der Waals surface area (Å²) in [6.07, 6.45) is 2.95. The third-order valence-corrected chi connectivity index (χ3v) is 4.00. The monoisotopic (exact) mass is 357 g/mol. The molecule has 0 amide bonds. The van der Waals surface area contributed by atoms with Crippen molar-refractivity contribution in [2.45, 2.75) is 0 Å². The van der Waals surface area contributed by atoms with Crippen molar-refractivity contribution in [2.75, 3.05) is 0 Å². The Hall–Kier alpha value is -3.86. The lowest BCUT2D eigenvalue weighted by Gasteiger charge is -2.08. The fourth-order valence-electron chi connectivity index (χ4n) is 2.74. The lowest BCUT2D eigenvalue weighted by atomic mass is 10.2. The number of para-hydroxylation sites is 4. The smallest absolute Gasteiger partial charge is 0.427 e. The van der Waals surface area contributed by atoms with E-state index in [1.54, 1.807) is 30.3 Å². The summed E-state index contributed by atoms with van der Waals surface area (Å²) in [4.78, 5) is 24.6. The minimum atomic E-state index is -0.709. The molecule has 0 unspecified atom stereocenters. The molecule has 0 aliphatic heterocycles. The first-order chi connectivity index (χ1) is 13.2. The number of rotatable bonds is 4. The van der Waals surface area contributed by atoms with Crippen LogP contribution in [0.1, 0.15) is 10.4 Å². The summed E-state index contributed by atoms with van der Waals surface area (Å²) in [5.74, 6) is 0.109. The zero-order valence-electron chi connectivity index (χ0n) is 14.2. The lowest BCUT2D eigenvalue weighted by molar-refractivity contribution is 0.0966. The average molecular weight is 357 g/mol. The summed E-state index contributed by atoms with van der Waals surface area (Å²) in [5, 5.41) is 0. The van der Waals surface area contributed by atoms with Crippen molar-refractivity contribution in [1.29, 1.82) is 0 Å². The maximum atomic E-state index is 12.6. The summed E-state index contributed by atoms with van der Waals surface area (Å²) >= 11 is 0. The first-order valence-corrected chi connectivity index (χ1v) is 8.37. The topological polar surface area (TPSA) is 61.4 Å². The molecule has 0 saturated heterocycles.